The van der Waals surface area contributed by atoms with Crippen LogP contribution in [0.15, 0.2) is 103 Å². The summed E-state index contributed by atoms with van der Waals surface area (Å²) < 4.78 is 1.83. The van der Waals surface area contributed by atoms with Gasteiger partial charge in [-0.15, -0.1) is 0 Å². The Kier molecular flexibility index (Phi) is 11.4. The molecule has 4 heteroatoms. The summed E-state index contributed by atoms with van der Waals surface area (Å²) in [6, 6.07) is 37.8. The monoisotopic (exact) mass is 828 g/mol. The number of allylic oxidation sites excluding steroid dienone is 1. The van der Waals surface area contributed by atoms with Crippen molar-refractivity contribution in [2.24, 2.45) is 0 Å². The SMILES string of the molecule is CCCC1=Cc2c(-c3cc4ccccc4c4ccccc34)cccc2C1c1c2c(cc(C(C)(C)C)[c]1[Zr+2][SiH](C)C)-c1cc(C(C)(C)C)ccc1C2.[Cl-].[Cl-]. The molecule has 0 radical (unpaired) electrons. The Morgan fingerprint density at radius 2 is 1.38 bits per heavy atom. The fourth-order valence-electron chi connectivity index (χ4n) is 8.99. The van der Waals surface area contributed by atoms with Gasteiger partial charge in [-0.3, -0.25) is 0 Å². The zero-order chi connectivity index (χ0) is 35.8. The molecule has 0 N–H and O–H groups in total. The summed E-state index contributed by atoms with van der Waals surface area (Å²) in [6.45, 7) is 22.1. The summed E-state index contributed by atoms with van der Waals surface area (Å²) in [6.07, 6.45) is 5.99. The summed E-state index contributed by atoms with van der Waals surface area (Å²) in [5, 5.41) is 5.34. The van der Waals surface area contributed by atoms with Crippen LogP contribution in [0.5, 0.6) is 0 Å². The Hall–Kier alpha value is -2.74. The Morgan fingerprint density at radius 3 is 2.06 bits per heavy atom. The molecule has 0 bridgehead atoms. The fourth-order valence-corrected chi connectivity index (χ4v) is 18.3. The molecule has 0 aliphatic heterocycles. The first kappa shape index (κ1) is 39.9. The standard InChI is InChI=1S/C47H45.C2H7Si.2ClH.Zr/c1-8-14-31-25-41-37(40-23-29-15-9-10-16-34(29)35-17-11-12-18-36(35)40)19-13-20-38(41)45(31)44-28-33(47(5,6)7)27-43-39-26-32(46(2,3)4)22-21-30(39)24-42(43)44;1-3-2;;;/h9-13,15-23,25-27,45H,8,14,24H2,1-7H3;3H,1-2H3;2*1H;/q;;;;+2/p-2. The average Bonchev–Trinajstić information content (AvgIpc) is 3.64. The molecule has 0 saturated carbocycles. The van der Waals surface area contributed by atoms with Crippen LogP contribution in [-0.2, 0) is 39.6 Å². The largest absolute Gasteiger partial charge is 1.00 e. The molecule has 0 spiro atoms. The second-order valence-corrected chi connectivity index (χ2v) is 32.0. The van der Waals surface area contributed by atoms with E-state index in [4.69, 9.17) is 0 Å². The van der Waals surface area contributed by atoms with Crippen molar-refractivity contribution in [2.75, 3.05) is 0 Å². The van der Waals surface area contributed by atoms with Gasteiger partial charge in [-0.1, -0.05) is 0 Å². The van der Waals surface area contributed by atoms with Gasteiger partial charge in [0.25, 0.3) is 0 Å². The van der Waals surface area contributed by atoms with Gasteiger partial charge >= 0.3 is 321 Å². The minimum atomic E-state index is -0.790. The summed E-state index contributed by atoms with van der Waals surface area (Å²) in [7, 11) is 0. The zero-order valence-corrected chi connectivity index (χ0v) is 38.0. The van der Waals surface area contributed by atoms with Gasteiger partial charge in [-0.25, -0.2) is 0 Å². The molecule has 2 aliphatic rings. The predicted octanol–water partition coefficient (Wildman–Crippen LogP) is 6.85. The Bertz CT molecular complexity index is 2390. The minimum Gasteiger partial charge on any atom is -1.00 e. The van der Waals surface area contributed by atoms with E-state index in [0.717, 1.165) is 19.3 Å². The number of halogens is 2. The van der Waals surface area contributed by atoms with E-state index in [1.807, 2.05) is 3.27 Å². The third-order valence-corrected chi connectivity index (χ3v) is 20.0. The number of benzene rings is 6. The van der Waals surface area contributed by atoms with Crippen molar-refractivity contribution < 1.29 is 47.2 Å². The van der Waals surface area contributed by atoms with Crippen LogP contribution in [0.2, 0.25) is 13.1 Å². The number of rotatable bonds is 6. The molecule has 53 heavy (non-hydrogen) atoms. The van der Waals surface area contributed by atoms with E-state index in [1.54, 1.807) is 22.3 Å². The first-order valence-electron chi connectivity index (χ1n) is 19.2. The smallest absolute Gasteiger partial charge is 1.00 e. The molecule has 0 saturated heterocycles. The van der Waals surface area contributed by atoms with Crippen molar-refractivity contribution in [3.05, 3.63) is 142 Å². The Labute approximate surface area is 342 Å². The van der Waals surface area contributed by atoms with Crippen molar-refractivity contribution >= 4 is 36.8 Å². The molecule has 0 heterocycles. The maximum Gasteiger partial charge on any atom is -1.00 e. The van der Waals surface area contributed by atoms with Crippen molar-refractivity contribution in [1.82, 2.24) is 0 Å². The van der Waals surface area contributed by atoms with Gasteiger partial charge in [0.1, 0.15) is 0 Å². The van der Waals surface area contributed by atoms with E-state index in [0.29, 0.717) is 5.92 Å². The van der Waals surface area contributed by atoms with Crippen LogP contribution in [0.25, 0.3) is 49.9 Å². The van der Waals surface area contributed by atoms with E-state index >= 15 is 0 Å². The number of fused-ring (bicyclic) bond motifs is 7. The summed E-state index contributed by atoms with van der Waals surface area (Å²) in [5.74, 6) is -0.463. The summed E-state index contributed by atoms with van der Waals surface area (Å²) >= 11 is -0.790. The van der Waals surface area contributed by atoms with Crippen molar-refractivity contribution in [3.63, 3.8) is 0 Å². The van der Waals surface area contributed by atoms with Crippen LogP contribution < -0.4 is 28.1 Å². The van der Waals surface area contributed by atoms with Crippen molar-refractivity contribution in [2.45, 2.75) is 97.6 Å². The van der Waals surface area contributed by atoms with Gasteiger partial charge in [0.2, 0.25) is 0 Å². The van der Waals surface area contributed by atoms with E-state index in [9.17, 15) is 0 Å². The zero-order valence-electron chi connectivity index (χ0n) is 32.8. The van der Waals surface area contributed by atoms with Crippen LogP contribution in [0.1, 0.15) is 106 Å². The van der Waals surface area contributed by atoms with Crippen LogP contribution in [-0.4, -0.2) is 5.92 Å². The maximum atomic E-state index is 2.68. The average molecular weight is 831 g/mol. The van der Waals surface area contributed by atoms with E-state index in [1.165, 1.54) is 66.1 Å². The van der Waals surface area contributed by atoms with Crippen molar-refractivity contribution in [3.8, 4) is 22.3 Å². The fraction of sp³-hybridized carbons (Fsp3) is 0.306. The third-order valence-electron chi connectivity index (χ3n) is 11.4. The van der Waals surface area contributed by atoms with Crippen molar-refractivity contribution in [1.29, 1.82) is 0 Å². The first-order valence-corrected chi connectivity index (χ1v) is 27.6. The normalized spacial score (nSPS) is 14.7. The minimum absolute atomic E-state index is 0. The molecular weight excluding hydrogens is 779 g/mol. The molecule has 6 aromatic rings. The quantitative estimate of drug-likeness (QED) is 0.127. The number of hydrogen-bond acceptors (Lipinski definition) is 0. The second-order valence-electron chi connectivity index (χ2n) is 17.5. The van der Waals surface area contributed by atoms with Crippen LogP contribution in [0.3, 0.4) is 0 Å². The topological polar surface area (TPSA) is 0 Å². The Morgan fingerprint density at radius 1 is 0.679 bits per heavy atom. The summed E-state index contributed by atoms with van der Waals surface area (Å²) in [5.41, 5.74) is 18.5. The molecule has 270 valence electrons. The van der Waals surface area contributed by atoms with Crippen LogP contribution in [0.4, 0.5) is 0 Å². The molecule has 8 rings (SSSR count). The molecule has 1 unspecified atom stereocenters. The van der Waals surface area contributed by atoms with Gasteiger partial charge in [0.15, 0.2) is 0 Å². The van der Waals surface area contributed by atoms with Gasteiger partial charge in [-0.05, 0) is 0 Å². The molecule has 1 atom stereocenters. The Balaban J connectivity index is 0.00000240. The van der Waals surface area contributed by atoms with Gasteiger partial charge < -0.3 is 24.8 Å². The van der Waals surface area contributed by atoms with E-state index in [-0.39, 0.29) is 35.6 Å². The van der Waals surface area contributed by atoms with Crippen LogP contribution >= 0.6 is 0 Å². The first-order chi connectivity index (χ1) is 24.3. The second kappa shape index (κ2) is 15.1. The molecular formula is C49H52Cl2SiZr. The molecule has 0 nitrogen and oxygen atoms in total. The molecule has 0 fully saturated rings. The van der Waals surface area contributed by atoms with E-state index in [2.05, 4.69) is 165 Å². The van der Waals surface area contributed by atoms with Gasteiger partial charge in [0, 0.05) is 0 Å². The van der Waals surface area contributed by atoms with Crippen LogP contribution in [0, 0.1) is 0 Å². The molecule has 0 amide bonds. The van der Waals surface area contributed by atoms with E-state index < -0.39 is 28.3 Å². The third kappa shape index (κ3) is 7.01. The molecule has 6 aromatic carbocycles. The predicted molar refractivity (Wildman–Crippen MR) is 222 cm³/mol. The van der Waals surface area contributed by atoms with Gasteiger partial charge in [-0.2, -0.15) is 0 Å². The maximum absolute atomic E-state index is 2.68. The van der Waals surface area contributed by atoms with Gasteiger partial charge in [0.05, 0.1) is 0 Å². The number of hydrogen-bond donors (Lipinski definition) is 0. The molecule has 0 aromatic heterocycles. The molecule has 2 aliphatic carbocycles. The summed E-state index contributed by atoms with van der Waals surface area (Å²) in [4.78, 5) is 0.